The van der Waals surface area contributed by atoms with Crippen molar-refractivity contribution in [3.05, 3.63) is 0 Å². The summed E-state index contributed by atoms with van der Waals surface area (Å²) in [6, 6.07) is 0.858. The molecule has 2 rings (SSSR count). The van der Waals surface area contributed by atoms with E-state index in [1.807, 2.05) is 0 Å². The molecular weight excluding hydrogens is 254 g/mol. The van der Waals surface area contributed by atoms with Crippen molar-refractivity contribution in [1.29, 1.82) is 0 Å². The van der Waals surface area contributed by atoms with Crippen LogP contribution in [0.15, 0.2) is 0 Å². The van der Waals surface area contributed by atoms with Crippen molar-refractivity contribution in [2.75, 3.05) is 6.54 Å². The van der Waals surface area contributed by atoms with E-state index in [2.05, 4.69) is 46.9 Å². The van der Waals surface area contributed by atoms with Gasteiger partial charge in [0.15, 0.2) is 0 Å². The van der Waals surface area contributed by atoms with Crippen LogP contribution in [0.1, 0.15) is 92.9 Å². The topological polar surface area (TPSA) is 12.0 Å². The zero-order valence-electron chi connectivity index (χ0n) is 15.5. The van der Waals surface area contributed by atoms with Crippen LogP contribution in [0.2, 0.25) is 0 Å². The highest BCUT2D eigenvalue weighted by molar-refractivity contribution is 4.93. The molecule has 0 aromatic rings. The molecule has 0 saturated heterocycles. The van der Waals surface area contributed by atoms with E-state index >= 15 is 0 Å². The Bertz CT molecular complexity index is 319. The fourth-order valence-electron chi connectivity index (χ4n) is 3.90. The Balaban J connectivity index is 1.93. The standard InChI is InChI=1S/C20H39N/c1-18(2,3)13-14-20(15-21-17-7-8-17)11-9-16(10-12-20)19(4,5)6/h16-17,21H,7-15H2,1-6H3. The third-order valence-electron chi connectivity index (χ3n) is 6.02. The maximum Gasteiger partial charge on any atom is 0.00684 e. The monoisotopic (exact) mass is 293 g/mol. The van der Waals surface area contributed by atoms with Crippen molar-refractivity contribution >= 4 is 0 Å². The van der Waals surface area contributed by atoms with Crippen LogP contribution < -0.4 is 5.32 Å². The fraction of sp³-hybridized carbons (Fsp3) is 1.00. The van der Waals surface area contributed by atoms with E-state index in [-0.39, 0.29) is 0 Å². The van der Waals surface area contributed by atoms with Crippen molar-refractivity contribution < 1.29 is 0 Å². The summed E-state index contributed by atoms with van der Waals surface area (Å²) in [7, 11) is 0. The second kappa shape index (κ2) is 6.22. The molecule has 2 aliphatic carbocycles. The van der Waals surface area contributed by atoms with E-state index in [0.717, 1.165) is 12.0 Å². The maximum atomic E-state index is 3.86. The Morgan fingerprint density at radius 3 is 1.90 bits per heavy atom. The van der Waals surface area contributed by atoms with Gasteiger partial charge in [-0.2, -0.15) is 0 Å². The van der Waals surface area contributed by atoms with Gasteiger partial charge in [0.05, 0.1) is 0 Å². The first-order valence-corrected chi connectivity index (χ1v) is 9.33. The van der Waals surface area contributed by atoms with E-state index in [4.69, 9.17) is 0 Å². The molecular formula is C20H39N. The number of hydrogen-bond acceptors (Lipinski definition) is 1. The molecule has 2 aliphatic rings. The maximum absolute atomic E-state index is 3.86. The molecule has 0 aromatic heterocycles. The van der Waals surface area contributed by atoms with Crippen LogP contribution >= 0.6 is 0 Å². The fourth-order valence-corrected chi connectivity index (χ4v) is 3.90. The normalized spacial score (nSPS) is 31.4. The van der Waals surface area contributed by atoms with Crippen LogP contribution in [-0.2, 0) is 0 Å². The van der Waals surface area contributed by atoms with Crippen LogP contribution in [0.5, 0.6) is 0 Å². The Morgan fingerprint density at radius 2 is 1.48 bits per heavy atom. The molecule has 0 atom stereocenters. The van der Waals surface area contributed by atoms with Gasteiger partial charge in [-0.3, -0.25) is 0 Å². The molecule has 0 unspecified atom stereocenters. The minimum absolute atomic E-state index is 0.480. The lowest BCUT2D eigenvalue weighted by molar-refractivity contribution is 0.0699. The van der Waals surface area contributed by atoms with Crippen LogP contribution in [0.3, 0.4) is 0 Å². The van der Waals surface area contributed by atoms with Gasteiger partial charge >= 0.3 is 0 Å². The van der Waals surface area contributed by atoms with E-state index in [0.29, 0.717) is 16.2 Å². The van der Waals surface area contributed by atoms with E-state index in [1.165, 1.54) is 57.9 Å². The van der Waals surface area contributed by atoms with Gasteiger partial charge in [0.1, 0.15) is 0 Å². The van der Waals surface area contributed by atoms with E-state index in [1.54, 1.807) is 0 Å². The summed E-state index contributed by atoms with van der Waals surface area (Å²) >= 11 is 0. The van der Waals surface area contributed by atoms with Crippen molar-refractivity contribution in [3.8, 4) is 0 Å². The van der Waals surface area contributed by atoms with Crippen LogP contribution in [0.25, 0.3) is 0 Å². The largest absolute Gasteiger partial charge is 0.313 e. The molecule has 0 heterocycles. The van der Waals surface area contributed by atoms with Crippen molar-refractivity contribution in [3.63, 3.8) is 0 Å². The zero-order valence-corrected chi connectivity index (χ0v) is 15.5. The highest BCUT2D eigenvalue weighted by Crippen LogP contribution is 2.48. The van der Waals surface area contributed by atoms with Crippen molar-refractivity contribution in [2.24, 2.45) is 22.2 Å². The molecule has 21 heavy (non-hydrogen) atoms. The van der Waals surface area contributed by atoms with Gasteiger partial charge in [-0.15, -0.1) is 0 Å². The van der Waals surface area contributed by atoms with Gasteiger partial charge in [-0.05, 0) is 73.5 Å². The summed E-state index contributed by atoms with van der Waals surface area (Å²) in [5.74, 6) is 0.932. The van der Waals surface area contributed by atoms with Gasteiger partial charge in [-0.25, -0.2) is 0 Å². The lowest BCUT2D eigenvalue weighted by Crippen LogP contribution is -2.41. The second-order valence-corrected chi connectivity index (χ2v) is 10.4. The Hall–Kier alpha value is -0.0400. The molecule has 124 valence electrons. The third kappa shape index (κ3) is 5.58. The molecule has 0 spiro atoms. The molecule has 1 heteroatoms. The summed E-state index contributed by atoms with van der Waals surface area (Å²) in [6.45, 7) is 15.8. The summed E-state index contributed by atoms with van der Waals surface area (Å²) < 4.78 is 0. The minimum atomic E-state index is 0.480. The molecule has 0 amide bonds. The predicted octanol–water partition coefficient (Wildman–Crippen LogP) is 5.79. The average Bonchev–Trinajstić information content (AvgIpc) is 3.17. The average molecular weight is 294 g/mol. The van der Waals surface area contributed by atoms with Gasteiger partial charge in [-0.1, -0.05) is 41.5 Å². The SMILES string of the molecule is CC(C)(C)CCC1(CNC2CC2)CCC(C(C)(C)C)CC1. The molecule has 0 bridgehead atoms. The first kappa shape index (κ1) is 17.3. The van der Waals surface area contributed by atoms with Gasteiger partial charge < -0.3 is 5.32 Å². The molecule has 0 aromatic carbocycles. The van der Waals surface area contributed by atoms with E-state index in [9.17, 15) is 0 Å². The third-order valence-corrected chi connectivity index (χ3v) is 6.02. The van der Waals surface area contributed by atoms with Crippen LogP contribution in [0.4, 0.5) is 0 Å². The molecule has 0 aliphatic heterocycles. The Morgan fingerprint density at radius 1 is 0.905 bits per heavy atom. The lowest BCUT2D eigenvalue weighted by atomic mass is 9.62. The molecule has 1 N–H and O–H groups in total. The highest BCUT2D eigenvalue weighted by atomic mass is 15.0. The van der Waals surface area contributed by atoms with E-state index < -0.39 is 0 Å². The first-order chi connectivity index (χ1) is 9.60. The minimum Gasteiger partial charge on any atom is -0.313 e. The van der Waals surface area contributed by atoms with Gasteiger partial charge in [0.25, 0.3) is 0 Å². The number of rotatable bonds is 5. The number of nitrogens with one attached hydrogen (secondary N) is 1. The summed E-state index contributed by atoms with van der Waals surface area (Å²) in [4.78, 5) is 0. The predicted molar refractivity (Wildman–Crippen MR) is 93.6 cm³/mol. The molecule has 2 saturated carbocycles. The first-order valence-electron chi connectivity index (χ1n) is 9.33. The Kier molecular flexibility index (Phi) is 5.13. The quantitative estimate of drug-likeness (QED) is 0.676. The summed E-state index contributed by atoms with van der Waals surface area (Å²) in [5, 5.41) is 3.86. The van der Waals surface area contributed by atoms with Gasteiger partial charge in [0.2, 0.25) is 0 Å². The smallest absolute Gasteiger partial charge is 0.00684 e. The van der Waals surface area contributed by atoms with Gasteiger partial charge in [0, 0.05) is 12.6 Å². The summed E-state index contributed by atoms with van der Waals surface area (Å²) in [5.41, 5.74) is 1.57. The number of hydrogen-bond donors (Lipinski definition) is 1. The van der Waals surface area contributed by atoms with Crippen molar-refractivity contribution in [2.45, 2.75) is 99.0 Å². The van der Waals surface area contributed by atoms with Crippen molar-refractivity contribution in [1.82, 2.24) is 5.32 Å². The van der Waals surface area contributed by atoms with Crippen LogP contribution in [0, 0.1) is 22.2 Å². The highest BCUT2D eigenvalue weighted by Gasteiger charge is 2.39. The molecule has 0 radical (unpaired) electrons. The molecule has 1 nitrogen and oxygen atoms in total. The van der Waals surface area contributed by atoms with Crippen LogP contribution in [-0.4, -0.2) is 12.6 Å². The summed E-state index contributed by atoms with van der Waals surface area (Å²) in [6.07, 6.45) is 11.4. The zero-order chi connectivity index (χ0) is 15.7. The second-order valence-electron chi connectivity index (χ2n) is 10.4. The molecule has 2 fully saturated rings. The lowest BCUT2D eigenvalue weighted by Gasteiger charge is -2.45. The Labute approximate surface area is 133 Å².